The number of halogens is 1. The first-order valence-electron chi connectivity index (χ1n) is 7.02. The number of hydrogen-bond donors (Lipinski definition) is 1. The molecule has 0 spiro atoms. The Morgan fingerprint density at radius 2 is 1.57 bits per heavy atom. The van der Waals surface area contributed by atoms with Crippen LogP contribution in [0.2, 0.25) is 5.02 Å². The van der Waals surface area contributed by atoms with Crippen LogP contribution in [0.4, 0.5) is 5.69 Å². The highest BCUT2D eigenvalue weighted by Crippen LogP contribution is 2.17. The monoisotopic (exact) mass is 305 g/mol. The maximum absolute atomic E-state index is 5.82. The molecule has 0 unspecified atom stereocenters. The smallest absolute Gasteiger partial charge is 0.119 e. The third-order valence-corrected chi connectivity index (χ3v) is 2.99. The van der Waals surface area contributed by atoms with Crippen molar-refractivity contribution in [3.63, 3.8) is 0 Å². The van der Waals surface area contributed by atoms with E-state index in [0.717, 1.165) is 23.7 Å². The zero-order chi connectivity index (χ0) is 15.1. The van der Waals surface area contributed by atoms with E-state index in [1.165, 1.54) is 0 Å². The Morgan fingerprint density at radius 1 is 0.952 bits per heavy atom. The normalized spacial score (nSPS) is 10.5. The Hall–Kier alpha value is -1.87. The molecule has 0 saturated heterocycles. The summed E-state index contributed by atoms with van der Waals surface area (Å²) in [6, 6.07) is 15.3. The van der Waals surface area contributed by atoms with Crippen molar-refractivity contribution in [2.75, 3.05) is 18.5 Å². The predicted octanol–water partition coefficient (Wildman–Crippen LogP) is 4.62. The van der Waals surface area contributed by atoms with Gasteiger partial charge in [0.25, 0.3) is 0 Å². The van der Waals surface area contributed by atoms with Crippen molar-refractivity contribution in [2.24, 2.45) is 0 Å². The van der Waals surface area contributed by atoms with Crippen molar-refractivity contribution in [1.29, 1.82) is 0 Å². The number of hydrogen-bond acceptors (Lipinski definition) is 3. The van der Waals surface area contributed by atoms with Crippen LogP contribution in [0.15, 0.2) is 48.5 Å². The van der Waals surface area contributed by atoms with Gasteiger partial charge >= 0.3 is 0 Å². The molecule has 2 aromatic rings. The van der Waals surface area contributed by atoms with Gasteiger partial charge in [0.15, 0.2) is 0 Å². The summed E-state index contributed by atoms with van der Waals surface area (Å²) < 4.78 is 11.2. The largest absolute Gasteiger partial charge is 0.492 e. The molecule has 0 aliphatic heterocycles. The van der Waals surface area contributed by atoms with E-state index in [2.05, 4.69) is 5.32 Å². The van der Waals surface area contributed by atoms with Gasteiger partial charge in [-0.05, 0) is 62.4 Å². The van der Waals surface area contributed by atoms with Crippen LogP contribution in [0.1, 0.15) is 13.8 Å². The van der Waals surface area contributed by atoms with E-state index in [1.807, 2.05) is 62.4 Å². The van der Waals surface area contributed by atoms with Crippen LogP contribution in [-0.2, 0) is 0 Å². The van der Waals surface area contributed by atoms with Crippen LogP contribution >= 0.6 is 11.6 Å². The van der Waals surface area contributed by atoms with Crippen LogP contribution in [0, 0.1) is 0 Å². The first-order valence-corrected chi connectivity index (χ1v) is 7.40. The maximum Gasteiger partial charge on any atom is 0.119 e. The Bertz CT molecular complexity index is 538. The first-order chi connectivity index (χ1) is 10.1. The van der Waals surface area contributed by atoms with E-state index in [1.54, 1.807) is 0 Å². The summed E-state index contributed by atoms with van der Waals surface area (Å²) >= 11 is 5.82. The molecule has 0 atom stereocenters. The molecule has 0 amide bonds. The number of benzene rings is 2. The molecule has 0 bridgehead atoms. The van der Waals surface area contributed by atoms with Crippen LogP contribution in [-0.4, -0.2) is 19.3 Å². The molecule has 21 heavy (non-hydrogen) atoms. The predicted molar refractivity (Wildman–Crippen MR) is 87.6 cm³/mol. The molecule has 0 aliphatic carbocycles. The van der Waals surface area contributed by atoms with Gasteiger partial charge in [0.05, 0.1) is 6.10 Å². The van der Waals surface area contributed by atoms with Crippen LogP contribution in [0.3, 0.4) is 0 Å². The van der Waals surface area contributed by atoms with Gasteiger partial charge in [-0.25, -0.2) is 0 Å². The standard InChI is InChI=1S/C17H20ClNO2/c1-13(2)21-17-9-5-15(6-10-17)19-11-12-20-16-7-3-14(18)4-8-16/h3-10,13,19H,11-12H2,1-2H3. The lowest BCUT2D eigenvalue weighted by molar-refractivity contribution is 0.242. The maximum atomic E-state index is 5.82. The SMILES string of the molecule is CC(C)Oc1ccc(NCCOc2ccc(Cl)cc2)cc1. The molecule has 0 radical (unpaired) electrons. The molecule has 0 heterocycles. The van der Waals surface area contributed by atoms with Crippen molar-refractivity contribution in [2.45, 2.75) is 20.0 Å². The van der Waals surface area contributed by atoms with Crippen molar-refractivity contribution >= 4 is 17.3 Å². The zero-order valence-electron chi connectivity index (χ0n) is 12.3. The van der Waals surface area contributed by atoms with E-state index in [-0.39, 0.29) is 6.10 Å². The molecule has 3 nitrogen and oxygen atoms in total. The van der Waals surface area contributed by atoms with Gasteiger partial charge in [0.1, 0.15) is 18.1 Å². The Kier molecular flexibility index (Phi) is 5.76. The third-order valence-electron chi connectivity index (χ3n) is 2.74. The van der Waals surface area contributed by atoms with Gasteiger partial charge in [-0.15, -0.1) is 0 Å². The quantitative estimate of drug-likeness (QED) is 0.757. The lowest BCUT2D eigenvalue weighted by Gasteiger charge is -2.11. The molecular formula is C17H20ClNO2. The summed E-state index contributed by atoms with van der Waals surface area (Å²) in [5, 5.41) is 4.01. The van der Waals surface area contributed by atoms with Crippen molar-refractivity contribution in [3.8, 4) is 11.5 Å². The van der Waals surface area contributed by atoms with E-state index in [4.69, 9.17) is 21.1 Å². The van der Waals surface area contributed by atoms with Gasteiger partial charge in [0, 0.05) is 17.3 Å². The fraction of sp³-hybridized carbons (Fsp3) is 0.294. The highest BCUT2D eigenvalue weighted by molar-refractivity contribution is 6.30. The Labute approximate surface area is 130 Å². The molecule has 4 heteroatoms. The van der Waals surface area contributed by atoms with Gasteiger partial charge in [-0.1, -0.05) is 11.6 Å². The second kappa shape index (κ2) is 7.79. The fourth-order valence-electron chi connectivity index (χ4n) is 1.82. The molecule has 0 aromatic heterocycles. The average Bonchev–Trinajstić information content (AvgIpc) is 2.46. The lowest BCUT2D eigenvalue weighted by atomic mass is 10.3. The molecule has 0 fully saturated rings. The first kappa shape index (κ1) is 15.5. The van der Waals surface area contributed by atoms with E-state index in [0.29, 0.717) is 11.6 Å². The molecule has 2 rings (SSSR count). The summed E-state index contributed by atoms with van der Waals surface area (Å²) in [5.41, 5.74) is 1.05. The third kappa shape index (κ3) is 5.56. The second-order valence-electron chi connectivity index (χ2n) is 4.92. The highest BCUT2D eigenvalue weighted by atomic mass is 35.5. The van der Waals surface area contributed by atoms with Crippen LogP contribution < -0.4 is 14.8 Å². The molecule has 1 N–H and O–H groups in total. The fourth-order valence-corrected chi connectivity index (χ4v) is 1.94. The molecular weight excluding hydrogens is 286 g/mol. The Balaban J connectivity index is 1.72. The van der Waals surface area contributed by atoms with Crippen LogP contribution in [0.25, 0.3) is 0 Å². The van der Waals surface area contributed by atoms with Gasteiger partial charge < -0.3 is 14.8 Å². The topological polar surface area (TPSA) is 30.5 Å². The van der Waals surface area contributed by atoms with Gasteiger partial charge in [-0.3, -0.25) is 0 Å². The second-order valence-corrected chi connectivity index (χ2v) is 5.36. The summed E-state index contributed by atoms with van der Waals surface area (Å²) in [6.07, 6.45) is 0.191. The Morgan fingerprint density at radius 3 is 2.19 bits per heavy atom. The molecule has 2 aromatic carbocycles. The van der Waals surface area contributed by atoms with Gasteiger partial charge in [0.2, 0.25) is 0 Å². The minimum Gasteiger partial charge on any atom is -0.492 e. The van der Waals surface area contributed by atoms with E-state index in [9.17, 15) is 0 Å². The molecule has 112 valence electrons. The minimum atomic E-state index is 0.191. The number of rotatable bonds is 7. The van der Waals surface area contributed by atoms with Crippen LogP contribution in [0.5, 0.6) is 11.5 Å². The van der Waals surface area contributed by atoms with Gasteiger partial charge in [-0.2, -0.15) is 0 Å². The van der Waals surface area contributed by atoms with Crippen molar-refractivity contribution in [3.05, 3.63) is 53.6 Å². The molecule has 0 aliphatic rings. The van der Waals surface area contributed by atoms with Crippen molar-refractivity contribution < 1.29 is 9.47 Å². The van der Waals surface area contributed by atoms with E-state index >= 15 is 0 Å². The highest BCUT2D eigenvalue weighted by Gasteiger charge is 1.98. The minimum absolute atomic E-state index is 0.191. The lowest BCUT2D eigenvalue weighted by Crippen LogP contribution is -2.11. The zero-order valence-corrected chi connectivity index (χ0v) is 13.1. The average molecular weight is 306 g/mol. The summed E-state index contributed by atoms with van der Waals surface area (Å²) in [4.78, 5) is 0. The number of nitrogens with one attached hydrogen (secondary N) is 1. The van der Waals surface area contributed by atoms with Crippen molar-refractivity contribution in [1.82, 2.24) is 0 Å². The summed E-state index contributed by atoms with van der Waals surface area (Å²) in [6.45, 7) is 5.35. The van der Waals surface area contributed by atoms with E-state index < -0.39 is 0 Å². The summed E-state index contributed by atoms with van der Waals surface area (Å²) in [5.74, 6) is 1.70. The summed E-state index contributed by atoms with van der Waals surface area (Å²) in [7, 11) is 0. The number of ether oxygens (including phenoxy) is 2. The number of anilines is 1. The molecule has 0 saturated carbocycles.